The Morgan fingerprint density at radius 2 is 1.96 bits per heavy atom. The quantitative estimate of drug-likeness (QED) is 0.351. The molecule has 9 nitrogen and oxygen atoms in total. The van der Waals surface area contributed by atoms with Crippen molar-refractivity contribution in [3.05, 3.63) is 57.5 Å². The Balaban J connectivity index is 1.74. The number of nitro groups is 1. The highest BCUT2D eigenvalue weighted by molar-refractivity contribution is 7.14. The molecule has 0 amide bonds. The second-order valence-electron chi connectivity index (χ2n) is 5.49. The molecule has 1 heterocycles. The summed E-state index contributed by atoms with van der Waals surface area (Å²) in [7, 11) is 2.89. The van der Waals surface area contributed by atoms with Gasteiger partial charge < -0.3 is 14.6 Å². The number of nitro benzene ring substituents is 1. The number of methoxy groups -OCH3 is 2. The number of phenolic OH excluding ortho intramolecular Hbond substituents is 1. The SMILES string of the molecule is COc1cc(/C=N\Nc2nc(-c3cccc([N+](=O)[O-])c3)cs2)cc(OC)c1O. The lowest BCUT2D eigenvalue weighted by molar-refractivity contribution is -0.384. The molecule has 0 aliphatic carbocycles. The van der Waals surface area contributed by atoms with Crippen LogP contribution in [-0.4, -0.2) is 35.4 Å². The molecule has 3 rings (SSSR count). The highest BCUT2D eigenvalue weighted by Crippen LogP contribution is 2.36. The van der Waals surface area contributed by atoms with Gasteiger partial charge in [0.25, 0.3) is 5.69 Å². The van der Waals surface area contributed by atoms with E-state index in [4.69, 9.17) is 9.47 Å². The lowest BCUT2D eigenvalue weighted by Crippen LogP contribution is -1.94. The summed E-state index contributed by atoms with van der Waals surface area (Å²) in [6.07, 6.45) is 1.53. The number of hydrogen-bond acceptors (Lipinski definition) is 9. The van der Waals surface area contributed by atoms with Crippen molar-refractivity contribution in [2.45, 2.75) is 0 Å². The topological polar surface area (TPSA) is 119 Å². The monoisotopic (exact) mass is 400 g/mol. The van der Waals surface area contributed by atoms with Gasteiger partial charge in [0, 0.05) is 28.6 Å². The van der Waals surface area contributed by atoms with Crippen LogP contribution in [-0.2, 0) is 0 Å². The van der Waals surface area contributed by atoms with Crippen molar-refractivity contribution >= 4 is 28.4 Å². The van der Waals surface area contributed by atoms with E-state index in [-0.39, 0.29) is 22.9 Å². The van der Waals surface area contributed by atoms with Gasteiger partial charge in [0.05, 0.1) is 31.1 Å². The Bertz CT molecular complexity index is 1010. The smallest absolute Gasteiger partial charge is 0.270 e. The van der Waals surface area contributed by atoms with Gasteiger partial charge in [-0.3, -0.25) is 15.5 Å². The van der Waals surface area contributed by atoms with Crippen LogP contribution in [0.1, 0.15) is 5.56 Å². The minimum absolute atomic E-state index is 0.00764. The summed E-state index contributed by atoms with van der Waals surface area (Å²) in [4.78, 5) is 14.8. The van der Waals surface area contributed by atoms with Gasteiger partial charge in [0.2, 0.25) is 10.9 Å². The van der Waals surface area contributed by atoms with E-state index in [1.54, 1.807) is 29.6 Å². The van der Waals surface area contributed by atoms with Crippen LogP contribution in [0.4, 0.5) is 10.8 Å². The van der Waals surface area contributed by atoms with Crippen LogP contribution >= 0.6 is 11.3 Å². The van der Waals surface area contributed by atoms with Gasteiger partial charge in [0.15, 0.2) is 11.5 Å². The summed E-state index contributed by atoms with van der Waals surface area (Å²) in [6.45, 7) is 0. The second-order valence-corrected chi connectivity index (χ2v) is 6.35. The minimum Gasteiger partial charge on any atom is -0.502 e. The molecule has 1 aromatic heterocycles. The average molecular weight is 400 g/mol. The van der Waals surface area contributed by atoms with E-state index in [2.05, 4.69) is 15.5 Å². The Hall–Kier alpha value is -3.66. The molecule has 3 aromatic rings. The molecule has 0 saturated heterocycles. The Kier molecular flexibility index (Phi) is 5.70. The number of aromatic hydroxyl groups is 1. The molecule has 144 valence electrons. The fraction of sp³-hybridized carbons (Fsp3) is 0.111. The van der Waals surface area contributed by atoms with E-state index in [1.165, 1.54) is 43.9 Å². The van der Waals surface area contributed by atoms with Crippen LogP contribution in [0.5, 0.6) is 17.2 Å². The molecule has 0 aliphatic rings. The van der Waals surface area contributed by atoms with E-state index in [0.717, 1.165) is 0 Å². The summed E-state index contributed by atoms with van der Waals surface area (Å²) in [5.74, 6) is 0.447. The van der Waals surface area contributed by atoms with Crippen molar-refractivity contribution in [2.75, 3.05) is 19.6 Å². The zero-order valence-corrected chi connectivity index (χ0v) is 15.8. The summed E-state index contributed by atoms with van der Waals surface area (Å²) in [6, 6.07) is 9.49. The van der Waals surface area contributed by atoms with Crippen molar-refractivity contribution < 1.29 is 19.5 Å². The third kappa shape index (κ3) is 4.18. The number of benzene rings is 2. The molecular weight excluding hydrogens is 384 g/mol. The first-order valence-electron chi connectivity index (χ1n) is 7.96. The van der Waals surface area contributed by atoms with Crippen LogP contribution in [0, 0.1) is 10.1 Å². The number of rotatable bonds is 7. The highest BCUT2D eigenvalue weighted by atomic mass is 32.1. The number of aromatic nitrogens is 1. The zero-order valence-electron chi connectivity index (χ0n) is 14.9. The number of phenols is 1. The maximum atomic E-state index is 10.9. The van der Waals surface area contributed by atoms with E-state index in [9.17, 15) is 15.2 Å². The number of non-ortho nitro benzene ring substituents is 1. The van der Waals surface area contributed by atoms with Gasteiger partial charge in [0.1, 0.15) is 0 Å². The fourth-order valence-electron chi connectivity index (χ4n) is 2.39. The molecule has 0 saturated carbocycles. The second kappa shape index (κ2) is 8.35. The third-order valence-electron chi connectivity index (χ3n) is 3.73. The van der Waals surface area contributed by atoms with Gasteiger partial charge in [-0.15, -0.1) is 11.3 Å². The average Bonchev–Trinajstić information content (AvgIpc) is 3.18. The summed E-state index contributed by atoms with van der Waals surface area (Å²) in [5.41, 5.74) is 4.72. The Morgan fingerprint density at radius 3 is 2.61 bits per heavy atom. The lowest BCUT2D eigenvalue weighted by Gasteiger charge is -2.09. The van der Waals surface area contributed by atoms with Crippen LogP contribution in [0.25, 0.3) is 11.3 Å². The number of thiazole rings is 1. The number of hydrazone groups is 1. The van der Waals surface area contributed by atoms with E-state index in [0.29, 0.717) is 22.0 Å². The predicted molar refractivity (Wildman–Crippen MR) is 107 cm³/mol. The van der Waals surface area contributed by atoms with Crippen molar-refractivity contribution in [3.63, 3.8) is 0 Å². The first kappa shape index (κ1) is 19.1. The fourth-order valence-corrected chi connectivity index (χ4v) is 3.06. The standard InChI is InChI=1S/C18H16N4O5S/c1-26-15-6-11(7-16(27-2)17(15)23)9-19-21-18-20-14(10-28-18)12-4-3-5-13(8-12)22(24)25/h3-10,23H,1-2H3,(H,20,21)/b19-9-. The number of ether oxygens (including phenoxy) is 2. The first-order chi connectivity index (χ1) is 13.5. The molecule has 28 heavy (non-hydrogen) atoms. The van der Waals surface area contributed by atoms with Crippen LogP contribution in [0.2, 0.25) is 0 Å². The molecule has 0 aliphatic heterocycles. The molecule has 2 aromatic carbocycles. The van der Waals surface area contributed by atoms with Crippen molar-refractivity contribution in [3.8, 4) is 28.5 Å². The first-order valence-corrected chi connectivity index (χ1v) is 8.84. The number of hydrogen-bond donors (Lipinski definition) is 2. The zero-order chi connectivity index (χ0) is 20.1. The number of nitrogens with zero attached hydrogens (tertiary/aromatic N) is 3. The van der Waals surface area contributed by atoms with Crippen LogP contribution < -0.4 is 14.9 Å². The van der Waals surface area contributed by atoms with Gasteiger partial charge in [-0.2, -0.15) is 5.10 Å². The highest BCUT2D eigenvalue weighted by Gasteiger charge is 2.11. The van der Waals surface area contributed by atoms with Crippen molar-refractivity contribution in [1.29, 1.82) is 0 Å². The van der Waals surface area contributed by atoms with E-state index in [1.807, 2.05) is 0 Å². The third-order valence-corrected chi connectivity index (χ3v) is 4.48. The number of nitrogens with one attached hydrogen (secondary N) is 1. The molecular formula is C18H16N4O5S. The molecule has 0 bridgehead atoms. The largest absolute Gasteiger partial charge is 0.502 e. The van der Waals surface area contributed by atoms with Gasteiger partial charge in [-0.25, -0.2) is 4.98 Å². The molecule has 0 unspecified atom stereocenters. The minimum atomic E-state index is -0.445. The molecule has 0 atom stereocenters. The summed E-state index contributed by atoms with van der Waals surface area (Å²) < 4.78 is 10.2. The molecule has 2 N–H and O–H groups in total. The van der Waals surface area contributed by atoms with E-state index >= 15 is 0 Å². The van der Waals surface area contributed by atoms with Crippen molar-refractivity contribution in [2.24, 2.45) is 5.10 Å². The van der Waals surface area contributed by atoms with Gasteiger partial charge in [-0.05, 0) is 12.1 Å². The molecule has 0 spiro atoms. The summed E-state index contributed by atoms with van der Waals surface area (Å²) in [5, 5.41) is 27.2. The molecule has 10 heteroatoms. The Labute approximate surface area is 164 Å². The summed E-state index contributed by atoms with van der Waals surface area (Å²) >= 11 is 1.32. The maximum absolute atomic E-state index is 10.9. The maximum Gasteiger partial charge on any atom is 0.270 e. The van der Waals surface area contributed by atoms with Gasteiger partial charge in [-0.1, -0.05) is 12.1 Å². The lowest BCUT2D eigenvalue weighted by atomic mass is 10.1. The van der Waals surface area contributed by atoms with Crippen molar-refractivity contribution in [1.82, 2.24) is 4.98 Å². The Morgan fingerprint density at radius 1 is 1.25 bits per heavy atom. The van der Waals surface area contributed by atoms with Crippen LogP contribution in [0.15, 0.2) is 46.9 Å². The van der Waals surface area contributed by atoms with Crippen LogP contribution in [0.3, 0.4) is 0 Å². The molecule has 0 radical (unpaired) electrons. The number of anilines is 1. The predicted octanol–water partition coefficient (Wildman–Crippen LogP) is 3.89. The molecule has 0 fully saturated rings. The van der Waals surface area contributed by atoms with Gasteiger partial charge >= 0.3 is 0 Å². The van der Waals surface area contributed by atoms with E-state index < -0.39 is 4.92 Å². The normalized spacial score (nSPS) is 10.8.